The first-order valence-corrected chi connectivity index (χ1v) is 10.4. The zero-order chi connectivity index (χ0) is 20.7. The van der Waals surface area contributed by atoms with Gasteiger partial charge in [-0.2, -0.15) is 5.26 Å². The van der Waals surface area contributed by atoms with Gasteiger partial charge in [-0.15, -0.1) is 0 Å². The minimum Gasteiger partial charge on any atom is -0.493 e. The molecule has 2 aliphatic rings. The van der Waals surface area contributed by atoms with Crippen molar-refractivity contribution in [2.75, 3.05) is 0 Å². The van der Waals surface area contributed by atoms with Gasteiger partial charge in [0.25, 0.3) is 0 Å². The van der Waals surface area contributed by atoms with Gasteiger partial charge in [-0.3, -0.25) is 4.79 Å². The molecular formula is C22H33NO5. The van der Waals surface area contributed by atoms with E-state index in [4.69, 9.17) is 9.84 Å². The number of aliphatic hydroxyl groups is 2. The van der Waals surface area contributed by atoms with Gasteiger partial charge in [-0.1, -0.05) is 38.8 Å². The Hall–Kier alpha value is -1.84. The zero-order valence-corrected chi connectivity index (χ0v) is 16.9. The van der Waals surface area contributed by atoms with Gasteiger partial charge in [0.05, 0.1) is 23.9 Å². The highest BCUT2D eigenvalue weighted by molar-refractivity contribution is 5.66. The summed E-state index contributed by atoms with van der Waals surface area (Å²) in [4.78, 5) is 10.7. The molecule has 6 heteroatoms. The number of nitrogens with zero attached hydrogens (tertiary/aromatic N) is 1. The molecule has 0 aromatic heterocycles. The second kappa shape index (κ2) is 10.6. The Morgan fingerprint density at radius 2 is 2.14 bits per heavy atom. The highest BCUT2D eigenvalue weighted by atomic mass is 16.5. The Kier molecular flexibility index (Phi) is 8.53. The quantitative estimate of drug-likeness (QED) is 0.388. The van der Waals surface area contributed by atoms with E-state index in [-0.39, 0.29) is 30.3 Å². The van der Waals surface area contributed by atoms with Crippen LogP contribution in [0, 0.1) is 29.1 Å². The summed E-state index contributed by atoms with van der Waals surface area (Å²) in [5.74, 6) is -0.0615. The minimum absolute atomic E-state index is 0.0312. The Labute approximate surface area is 167 Å². The van der Waals surface area contributed by atoms with Gasteiger partial charge in [0.2, 0.25) is 0 Å². The van der Waals surface area contributed by atoms with E-state index < -0.39 is 18.2 Å². The molecule has 0 bridgehead atoms. The fourth-order valence-corrected chi connectivity index (χ4v) is 4.22. The van der Waals surface area contributed by atoms with Crippen LogP contribution < -0.4 is 0 Å². The highest BCUT2D eigenvalue weighted by Crippen LogP contribution is 2.46. The summed E-state index contributed by atoms with van der Waals surface area (Å²) in [6.45, 7) is 4.17. The van der Waals surface area contributed by atoms with Crippen LogP contribution in [0.15, 0.2) is 23.5 Å². The number of unbranched alkanes of at least 4 members (excludes halogenated alkanes) is 1. The number of hydrogen-bond donors (Lipinski definition) is 3. The molecule has 3 N–H and O–H groups in total. The van der Waals surface area contributed by atoms with Crippen molar-refractivity contribution >= 4 is 5.97 Å². The van der Waals surface area contributed by atoms with Gasteiger partial charge in [0, 0.05) is 31.1 Å². The molecule has 0 amide bonds. The molecule has 1 aliphatic heterocycles. The number of carboxylic acids is 1. The number of ether oxygens (including phenoxy) is 1. The second-order valence-corrected chi connectivity index (χ2v) is 8.16. The van der Waals surface area contributed by atoms with Crippen molar-refractivity contribution in [3.05, 3.63) is 23.5 Å². The third-order valence-electron chi connectivity index (χ3n) is 6.02. The number of carbonyl (C=O) groups is 1. The lowest BCUT2D eigenvalue weighted by Gasteiger charge is -2.18. The molecule has 1 aliphatic carbocycles. The molecule has 28 heavy (non-hydrogen) atoms. The Balaban J connectivity index is 2.00. The largest absolute Gasteiger partial charge is 0.493 e. The lowest BCUT2D eigenvalue weighted by atomic mass is 9.89. The summed E-state index contributed by atoms with van der Waals surface area (Å²) >= 11 is 0. The predicted octanol–water partition coefficient (Wildman–Crippen LogP) is 3.55. The molecule has 1 saturated carbocycles. The summed E-state index contributed by atoms with van der Waals surface area (Å²) < 4.78 is 5.96. The molecule has 1 heterocycles. The lowest BCUT2D eigenvalue weighted by Crippen LogP contribution is -2.20. The van der Waals surface area contributed by atoms with Crippen LogP contribution in [0.25, 0.3) is 0 Å². The van der Waals surface area contributed by atoms with Crippen molar-refractivity contribution in [3.63, 3.8) is 0 Å². The number of aliphatic hydroxyl groups excluding tert-OH is 2. The summed E-state index contributed by atoms with van der Waals surface area (Å²) in [5, 5.41) is 38.9. The Morgan fingerprint density at radius 3 is 2.79 bits per heavy atom. The fraction of sp³-hybridized carbons (Fsp3) is 0.727. The number of carboxylic acid groups (broad SMARTS) is 1. The van der Waals surface area contributed by atoms with Crippen LogP contribution in [-0.4, -0.2) is 39.6 Å². The van der Waals surface area contributed by atoms with E-state index in [1.807, 2.05) is 13.0 Å². The average molecular weight is 392 g/mol. The van der Waals surface area contributed by atoms with Gasteiger partial charge < -0.3 is 20.1 Å². The van der Waals surface area contributed by atoms with Crippen molar-refractivity contribution in [2.45, 2.75) is 83.5 Å². The summed E-state index contributed by atoms with van der Waals surface area (Å²) in [5.41, 5.74) is 0.515. The van der Waals surface area contributed by atoms with Gasteiger partial charge in [0.1, 0.15) is 11.9 Å². The van der Waals surface area contributed by atoms with E-state index in [9.17, 15) is 20.3 Å². The van der Waals surface area contributed by atoms with E-state index >= 15 is 0 Å². The summed E-state index contributed by atoms with van der Waals surface area (Å²) in [6.07, 6.45) is 7.65. The first-order chi connectivity index (χ1) is 13.4. The van der Waals surface area contributed by atoms with E-state index in [2.05, 4.69) is 13.0 Å². The average Bonchev–Trinajstić information content (AvgIpc) is 3.18. The molecule has 2 fully saturated rings. The van der Waals surface area contributed by atoms with Crippen molar-refractivity contribution < 1.29 is 24.9 Å². The van der Waals surface area contributed by atoms with E-state index in [0.29, 0.717) is 37.0 Å². The maximum absolute atomic E-state index is 10.7. The number of allylic oxidation sites excluding steroid dienone is 2. The van der Waals surface area contributed by atoms with Gasteiger partial charge in [-0.25, -0.2) is 0 Å². The van der Waals surface area contributed by atoms with Crippen LogP contribution in [-0.2, 0) is 9.53 Å². The molecule has 0 spiro atoms. The van der Waals surface area contributed by atoms with Crippen molar-refractivity contribution in [3.8, 4) is 6.07 Å². The summed E-state index contributed by atoms with van der Waals surface area (Å²) in [6, 6.07) is 2.16. The highest BCUT2D eigenvalue weighted by Gasteiger charge is 2.47. The molecule has 156 valence electrons. The first kappa shape index (κ1) is 22.4. The van der Waals surface area contributed by atoms with Crippen molar-refractivity contribution in [2.24, 2.45) is 17.8 Å². The molecule has 1 saturated heterocycles. The monoisotopic (exact) mass is 391 g/mol. The Bertz CT molecular complexity index is 635. The molecule has 0 aromatic rings. The third kappa shape index (κ3) is 5.83. The maximum atomic E-state index is 10.7. The Morgan fingerprint density at radius 1 is 1.39 bits per heavy atom. The number of fused-ring (bicyclic) bond motifs is 1. The molecule has 0 unspecified atom stereocenters. The smallest absolute Gasteiger partial charge is 0.303 e. The van der Waals surface area contributed by atoms with Gasteiger partial charge >= 0.3 is 5.97 Å². The van der Waals surface area contributed by atoms with Crippen LogP contribution in [0.2, 0.25) is 0 Å². The molecule has 6 nitrogen and oxygen atoms in total. The SMILES string of the molecule is CCCC[C@H](C)[C@H](O)/C=C/[C@@H]1[C@H]2C/C(=C(/C#N)CCCC(=O)O)O[C@H]2C[C@H]1O. The van der Waals surface area contributed by atoms with Crippen LogP contribution in [0.4, 0.5) is 0 Å². The summed E-state index contributed by atoms with van der Waals surface area (Å²) in [7, 11) is 0. The molecule has 0 aromatic carbocycles. The fourth-order valence-electron chi connectivity index (χ4n) is 4.22. The lowest BCUT2D eigenvalue weighted by molar-refractivity contribution is -0.137. The van der Waals surface area contributed by atoms with Crippen molar-refractivity contribution in [1.29, 1.82) is 5.26 Å². The van der Waals surface area contributed by atoms with Crippen LogP contribution >= 0.6 is 0 Å². The van der Waals surface area contributed by atoms with Gasteiger partial charge in [0.15, 0.2) is 0 Å². The number of rotatable bonds is 10. The molecular weight excluding hydrogens is 358 g/mol. The normalized spacial score (nSPS) is 30.5. The van der Waals surface area contributed by atoms with Crippen molar-refractivity contribution in [1.82, 2.24) is 0 Å². The maximum Gasteiger partial charge on any atom is 0.303 e. The minimum atomic E-state index is -0.869. The van der Waals surface area contributed by atoms with Crippen LogP contribution in [0.3, 0.4) is 0 Å². The van der Waals surface area contributed by atoms with Crippen LogP contribution in [0.1, 0.15) is 65.2 Å². The van der Waals surface area contributed by atoms with E-state index in [1.54, 1.807) is 6.08 Å². The predicted molar refractivity (Wildman–Crippen MR) is 105 cm³/mol. The first-order valence-electron chi connectivity index (χ1n) is 10.4. The zero-order valence-electron chi connectivity index (χ0n) is 16.9. The van der Waals surface area contributed by atoms with Crippen LogP contribution in [0.5, 0.6) is 0 Å². The topological polar surface area (TPSA) is 111 Å². The third-order valence-corrected chi connectivity index (χ3v) is 6.02. The van der Waals surface area contributed by atoms with Gasteiger partial charge in [-0.05, 0) is 25.2 Å². The van der Waals surface area contributed by atoms with E-state index in [0.717, 1.165) is 19.3 Å². The molecule has 6 atom stereocenters. The van der Waals surface area contributed by atoms with E-state index in [1.165, 1.54) is 0 Å². The second-order valence-electron chi connectivity index (χ2n) is 8.16. The number of hydrogen-bond acceptors (Lipinski definition) is 5. The molecule has 2 rings (SSSR count). The number of aliphatic carboxylic acids is 1. The number of nitriles is 1. The molecule has 0 radical (unpaired) electrons. The standard InChI is InChI=1S/C22H33NO5/c1-3-4-6-14(2)18(24)10-9-16-17-11-20(28-21(17)12-19(16)25)15(13-23)7-5-8-22(26)27/h9-10,14,16-19,21,24-25H,3-8,11-12H2,1-2H3,(H,26,27)/b10-9+,20-15-/t14-,16+,17+,18+,19+,21-/m0/s1.